The number of rotatable bonds is 11. The van der Waals surface area contributed by atoms with Crippen molar-refractivity contribution in [2.45, 2.75) is 19.1 Å². The molecule has 0 aliphatic carbocycles. The van der Waals surface area contributed by atoms with E-state index in [2.05, 4.69) is 30.9 Å². The number of carbonyl (C=O) groups is 1. The molecule has 180 valence electrons. The van der Waals surface area contributed by atoms with Gasteiger partial charge < -0.3 is 30.2 Å². The number of nitrogens with zero attached hydrogens (tertiary/aromatic N) is 3. The van der Waals surface area contributed by atoms with Gasteiger partial charge in [-0.25, -0.2) is 14.4 Å². The van der Waals surface area contributed by atoms with Crippen LogP contribution in [0.1, 0.15) is 11.3 Å². The zero-order chi connectivity index (χ0) is 23.9. The quantitative estimate of drug-likeness (QED) is 0.358. The van der Waals surface area contributed by atoms with Gasteiger partial charge in [-0.15, -0.1) is 0 Å². The first kappa shape index (κ1) is 23.7. The van der Waals surface area contributed by atoms with E-state index in [0.29, 0.717) is 66.6 Å². The summed E-state index contributed by atoms with van der Waals surface area (Å²) in [7, 11) is 3.17. The van der Waals surface area contributed by atoms with Gasteiger partial charge in [0.15, 0.2) is 18.2 Å². The molecule has 0 saturated carbocycles. The Morgan fingerprint density at radius 3 is 2.85 bits per heavy atom. The molecule has 0 saturated heterocycles. The number of halogens is 1. The molecule has 4 rings (SSSR count). The van der Waals surface area contributed by atoms with Crippen molar-refractivity contribution in [2.75, 3.05) is 45.8 Å². The summed E-state index contributed by atoms with van der Waals surface area (Å²) >= 11 is 0. The number of pyridine rings is 3. The third-order valence-electron chi connectivity index (χ3n) is 5.42. The van der Waals surface area contributed by atoms with E-state index in [0.717, 1.165) is 5.69 Å². The zero-order valence-electron chi connectivity index (χ0n) is 19.1. The molecule has 0 spiro atoms. The fourth-order valence-corrected chi connectivity index (χ4v) is 3.61. The van der Waals surface area contributed by atoms with Gasteiger partial charge in [-0.2, -0.15) is 0 Å². The van der Waals surface area contributed by atoms with Crippen molar-refractivity contribution in [3.63, 3.8) is 0 Å². The summed E-state index contributed by atoms with van der Waals surface area (Å²) in [5, 5.41) is 9.31. The first-order chi connectivity index (χ1) is 16.6. The maximum Gasteiger partial charge on any atom is 0.263 e. The number of methoxy groups -OCH3 is 2. The Bertz CT molecular complexity index is 1160. The average molecular weight is 471 g/mol. The molecule has 11 heteroatoms. The number of hydrogen-bond donors (Lipinski definition) is 3. The number of hydrogen-bond acceptors (Lipinski definition) is 9. The second-order valence-corrected chi connectivity index (χ2v) is 7.73. The highest BCUT2D eigenvalue weighted by Crippen LogP contribution is 2.25. The van der Waals surface area contributed by atoms with E-state index >= 15 is 0 Å². The minimum Gasteiger partial charge on any atom is -0.481 e. The van der Waals surface area contributed by atoms with E-state index < -0.39 is 0 Å². The van der Waals surface area contributed by atoms with Crippen LogP contribution < -0.4 is 25.4 Å². The summed E-state index contributed by atoms with van der Waals surface area (Å²) < 4.78 is 30.4. The first-order valence-corrected chi connectivity index (χ1v) is 10.9. The Kier molecular flexibility index (Phi) is 7.78. The average Bonchev–Trinajstić information content (AvgIpc) is 2.85. The summed E-state index contributed by atoms with van der Waals surface area (Å²) in [5.74, 6) is 0.810. The summed E-state index contributed by atoms with van der Waals surface area (Å²) in [6.45, 7) is 2.21. The second-order valence-electron chi connectivity index (χ2n) is 7.73. The molecule has 1 aliphatic rings. The lowest BCUT2D eigenvalue weighted by Crippen LogP contribution is -2.37. The molecular weight excluding hydrogens is 443 g/mol. The number of amides is 1. The van der Waals surface area contributed by atoms with Crippen molar-refractivity contribution in [1.29, 1.82) is 0 Å². The molecular formula is C23H27FN6O4. The van der Waals surface area contributed by atoms with Gasteiger partial charge >= 0.3 is 0 Å². The summed E-state index contributed by atoms with van der Waals surface area (Å²) in [4.78, 5) is 24.3. The van der Waals surface area contributed by atoms with E-state index in [1.165, 1.54) is 13.3 Å². The molecule has 0 aromatic carbocycles. The third kappa shape index (κ3) is 5.74. The molecule has 0 radical (unpaired) electrons. The first-order valence-electron chi connectivity index (χ1n) is 10.9. The lowest BCUT2D eigenvalue weighted by molar-refractivity contribution is -0.118. The van der Waals surface area contributed by atoms with Crippen molar-refractivity contribution in [3.05, 3.63) is 47.5 Å². The molecule has 3 aromatic heterocycles. The number of nitrogens with one attached hydrogen (secondary N) is 3. The highest BCUT2D eigenvalue weighted by Gasteiger charge is 2.17. The minimum atomic E-state index is -0.390. The van der Waals surface area contributed by atoms with E-state index in [4.69, 9.17) is 14.2 Å². The topological polar surface area (TPSA) is 120 Å². The van der Waals surface area contributed by atoms with Crippen LogP contribution in [0.25, 0.3) is 11.0 Å². The number of ether oxygens (including phenoxy) is 3. The summed E-state index contributed by atoms with van der Waals surface area (Å²) in [5.41, 5.74) is 2.40. The van der Waals surface area contributed by atoms with Gasteiger partial charge in [0.05, 0.1) is 36.1 Å². The van der Waals surface area contributed by atoms with Gasteiger partial charge in [0, 0.05) is 38.4 Å². The molecule has 1 aliphatic heterocycles. The monoisotopic (exact) mass is 470 g/mol. The van der Waals surface area contributed by atoms with Crippen LogP contribution in [0.4, 0.5) is 10.2 Å². The van der Waals surface area contributed by atoms with Crippen LogP contribution in [0, 0.1) is 5.82 Å². The summed E-state index contributed by atoms with van der Waals surface area (Å²) in [6, 6.07) is 7.11. The normalized spacial score (nSPS) is 13.8. The van der Waals surface area contributed by atoms with Crippen molar-refractivity contribution in [3.8, 4) is 11.6 Å². The molecule has 34 heavy (non-hydrogen) atoms. The van der Waals surface area contributed by atoms with Crippen LogP contribution in [0.5, 0.6) is 11.6 Å². The molecule has 3 N–H and O–H groups in total. The van der Waals surface area contributed by atoms with E-state index in [1.807, 2.05) is 6.07 Å². The minimum absolute atomic E-state index is 0.00350. The van der Waals surface area contributed by atoms with Crippen LogP contribution in [0.2, 0.25) is 0 Å². The van der Waals surface area contributed by atoms with Crippen LogP contribution in [0.3, 0.4) is 0 Å². The number of aromatic nitrogens is 3. The van der Waals surface area contributed by atoms with Crippen LogP contribution in [-0.2, 0) is 22.5 Å². The van der Waals surface area contributed by atoms with Crippen LogP contribution in [0.15, 0.2) is 30.5 Å². The molecule has 3 aromatic rings. The Morgan fingerprint density at radius 2 is 2.03 bits per heavy atom. The molecule has 1 amide bonds. The number of fused-ring (bicyclic) bond motifs is 2. The number of anilines is 1. The van der Waals surface area contributed by atoms with Crippen molar-refractivity contribution >= 4 is 22.8 Å². The third-order valence-corrected chi connectivity index (χ3v) is 5.42. The zero-order valence-corrected chi connectivity index (χ0v) is 19.1. The van der Waals surface area contributed by atoms with E-state index in [-0.39, 0.29) is 24.4 Å². The fourth-order valence-electron chi connectivity index (χ4n) is 3.61. The molecule has 10 nitrogen and oxygen atoms in total. The predicted molar refractivity (Wildman–Crippen MR) is 123 cm³/mol. The van der Waals surface area contributed by atoms with Crippen LogP contribution in [-0.4, -0.2) is 67.4 Å². The highest BCUT2D eigenvalue weighted by atomic mass is 19.1. The Labute approximate surface area is 196 Å². The van der Waals surface area contributed by atoms with Crippen molar-refractivity contribution < 1.29 is 23.4 Å². The maximum atomic E-state index is 14.4. The Hall–Kier alpha value is -3.41. The molecule has 0 bridgehead atoms. The SMILES string of the molecule is COc1ccc2ncc(F)c(CCNCC(CNCc3ccc4c(n3)NC(=O)CO4)OC)c2n1. The Balaban J connectivity index is 1.25. The van der Waals surface area contributed by atoms with Gasteiger partial charge in [-0.3, -0.25) is 9.78 Å². The second kappa shape index (κ2) is 11.1. The molecule has 1 unspecified atom stereocenters. The summed E-state index contributed by atoms with van der Waals surface area (Å²) in [6.07, 6.45) is 1.57. The van der Waals surface area contributed by atoms with E-state index in [1.54, 1.807) is 25.3 Å². The lowest BCUT2D eigenvalue weighted by atomic mass is 10.1. The van der Waals surface area contributed by atoms with Gasteiger partial charge in [-0.1, -0.05) is 0 Å². The van der Waals surface area contributed by atoms with Crippen LogP contribution >= 0.6 is 0 Å². The van der Waals surface area contributed by atoms with Crippen molar-refractivity contribution in [2.24, 2.45) is 0 Å². The van der Waals surface area contributed by atoms with Crippen molar-refractivity contribution in [1.82, 2.24) is 25.6 Å². The molecule has 1 atom stereocenters. The Morgan fingerprint density at radius 1 is 1.18 bits per heavy atom. The number of carbonyl (C=O) groups excluding carboxylic acids is 1. The smallest absolute Gasteiger partial charge is 0.263 e. The van der Waals surface area contributed by atoms with Gasteiger partial charge in [0.1, 0.15) is 5.82 Å². The standard InChI is InChI=1S/C23H27FN6O4/c1-32-15(11-26-9-14-3-5-19-23(28-14)29-20(31)13-34-19)10-25-8-7-16-17(24)12-27-18-4-6-21(33-2)30-22(16)18/h3-6,12,15,25-26H,7-11,13H2,1-2H3,(H,28,29,31). The largest absolute Gasteiger partial charge is 0.481 e. The van der Waals surface area contributed by atoms with E-state index in [9.17, 15) is 9.18 Å². The molecule has 4 heterocycles. The lowest BCUT2D eigenvalue weighted by Gasteiger charge is -2.19. The maximum absolute atomic E-state index is 14.4. The fraction of sp³-hybridized carbons (Fsp3) is 0.391. The van der Waals surface area contributed by atoms with Gasteiger partial charge in [-0.05, 0) is 31.2 Å². The highest BCUT2D eigenvalue weighted by molar-refractivity contribution is 5.94. The van der Waals surface area contributed by atoms with Gasteiger partial charge in [0.25, 0.3) is 5.91 Å². The van der Waals surface area contributed by atoms with Gasteiger partial charge in [0.2, 0.25) is 5.88 Å². The predicted octanol–water partition coefficient (Wildman–Crippen LogP) is 1.44. The molecule has 0 fully saturated rings.